The zero-order valence-corrected chi connectivity index (χ0v) is 11.0. The molecule has 0 radical (unpaired) electrons. The van der Waals surface area contributed by atoms with Gasteiger partial charge in [0.15, 0.2) is 11.1 Å². The maximum Gasteiger partial charge on any atom is 0.192 e. The van der Waals surface area contributed by atoms with Crippen LogP contribution >= 0.6 is 22.1 Å². The summed E-state index contributed by atoms with van der Waals surface area (Å²) < 4.78 is 0. The van der Waals surface area contributed by atoms with Crippen LogP contribution in [0.3, 0.4) is 0 Å². The standard InChI is InChI=1S/C5H8N2.C2H6N4S.H3P/c1-4-3-6-7-5(4)2;3-1(4)6-2(5)7;/h3H,1-2H3,(H,6,7);(H6,3,4,5,6,7);1H3. The highest BCUT2D eigenvalue weighted by molar-refractivity contribution is 7.80. The van der Waals surface area contributed by atoms with E-state index in [1.165, 1.54) is 5.56 Å². The average Bonchev–Trinajstić information content (AvgIpc) is 2.34. The topological polar surface area (TPSA) is 117 Å². The second-order valence-corrected chi connectivity index (χ2v) is 3.00. The highest BCUT2D eigenvalue weighted by Gasteiger charge is 1.88. The van der Waals surface area contributed by atoms with Gasteiger partial charge in [0, 0.05) is 6.20 Å². The predicted molar refractivity (Wildman–Crippen MR) is 71.0 cm³/mol. The second-order valence-electron chi connectivity index (χ2n) is 2.56. The SMILES string of the molecule is Cc1c[nH]nc1C.N=C(N)NC(N)=S.P. The maximum absolute atomic E-state index is 6.52. The molecule has 1 aromatic heterocycles. The molecule has 0 aliphatic rings. The average molecular weight is 248 g/mol. The van der Waals surface area contributed by atoms with Crippen molar-refractivity contribution in [2.45, 2.75) is 13.8 Å². The number of rotatable bonds is 0. The molecule has 0 spiro atoms. The van der Waals surface area contributed by atoms with Crippen LogP contribution in [0.2, 0.25) is 0 Å². The molecule has 0 saturated carbocycles. The quantitative estimate of drug-likeness (QED) is 0.189. The molecule has 0 saturated heterocycles. The van der Waals surface area contributed by atoms with Crippen molar-refractivity contribution in [3.05, 3.63) is 17.5 Å². The van der Waals surface area contributed by atoms with E-state index in [1.807, 2.05) is 20.0 Å². The number of thiocarbonyl (C=S) groups is 1. The Morgan fingerprint density at radius 2 is 2.07 bits per heavy atom. The molecule has 8 heteroatoms. The van der Waals surface area contributed by atoms with E-state index in [9.17, 15) is 0 Å². The first-order valence-corrected chi connectivity index (χ1v) is 4.21. The van der Waals surface area contributed by atoms with E-state index < -0.39 is 0 Å². The zero-order valence-electron chi connectivity index (χ0n) is 8.79. The molecular formula is C7H17N6PS. The van der Waals surface area contributed by atoms with Gasteiger partial charge in [-0.25, -0.2) is 0 Å². The number of nitrogens with two attached hydrogens (primary N) is 2. The Balaban J connectivity index is 0. The minimum absolute atomic E-state index is 0. The Bertz CT molecular complexity index is 295. The number of hydrogen-bond acceptors (Lipinski definition) is 3. The highest BCUT2D eigenvalue weighted by atomic mass is 32.1. The van der Waals surface area contributed by atoms with Crippen molar-refractivity contribution in [1.82, 2.24) is 15.5 Å². The normalized spacial score (nSPS) is 7.87. The van der Waals surface area contributed by atoms with Gasteiger partial charge in [-0.15, -0.1) is 0 Å². The summed E-state index contributed by atoms with van der Waals surface area (Å²) in [5.41, 5.74) is 12.0. The van der Waals surface area contributed by atoms with E-state index in [1.54, 1.807) is 0 Å². The molecule has 15 heavy (non-hydrogen) atoms. The lowest BCUT2D eigenvalue weighted by Crippen LogP contribution is -2.39. The fraction of sp³-hybridized carbons (Fsp3) is 0.286. The van der Waals surface area contributed by atoms with Gasteiger partial charge in [0.05, 0.1) is 5.69 Å². The maximum atomic E-state index is 6.52. The molecule has 1 atom stereocenters. The number of aromatic nitrogens is 2. The summed E-state index contributed by atoms with van der Waals surface area (Å²) in [4.78, 5) is 0. The molecule has 0 aromatic carbocycles. The Hall–Kier alpha value is -1.20. The van der Waals surface area contributed by atoms with Crippen molar-refractivity contribution < 1.29 is 0 Å². The largest absolute Gasteiger partial charge is 0.376 e. The third-order valence-electron chi connectivity index (χ3n) is 1.34. The van der Waals surface area contributed by atoms with Gasteiger partial charge in [-0.3, -0.25) is 10.5 Å². The van der Waals surface area contributed by atoms with Crippen molar-refractivity contribution in [2.24, 2.45) is 11.5 Å². The number of hydrogen-bond donors (Lipinski definition) is 5. The van der Waals surface area contributed by atoms with E-state index in [0.717, 1.165) is 5.69 Å². The first-order valence-electron chi connectivity index (χ1n) is 3.81. The number of guanidine groups is 1. The molecule has 1 rings (SSSR count). The third kappa shape index (κ3) is 9.11. The predicted octanol–water partition coefficient (Wildman–Crippen LogP) is -0.202. The van der Waals surface area contributed by atoms with Crippen molar-refractivity contribution in [1.29, 1.82) is 5.41 Å². The summed E-state index contributed by atoms with van der Waals surface area (Å²) in [6.07, 6.45) is 1.88. The number of aryl methyl sites for hydroxylation is 2. The van der Waals surface area contributed by atoms with Crippen LogP contribution in [-0.2, 0) is 0 Å². The van der Waals surface area contributed by atoms with Crippen LogP contribution in [0.15, 0.2) is 6.20 Å². The molecular weight excluding hydrogens is 231 g/mol. The van der Waals surface area contributed by atoms with E-state index in [-0.39, 0.29) is 21.0 Å². The molecule has 1 unspecified atom stereocenters. The molecule has 1 aromatic rings. The lowest BCUT2D eigenvalue weighted by atomic mass is 10.3. The van der Waals surface area contributed by atoms with E-state index in [4.69, 9.17) is 16.9 Å². The fourth-order valence-electron chi connectivity index (χ4n) is 0.551. The van der Waals surface area contributed by atoms with Crippen LogP contribution in [0, 0.1) is 19.3 Å². The molecule has 6 nitrogen and oxygen atoms in total. The third-order valence-corrected chi connectivity index (χ3v) is 1.44. The summed E-state index contributed by atoms with van der Waals surface area (Å²) in [5, 5.41) is 15.4. The molecule has 0 aliphatic heterocycles. The zero-order chi connectivity index (χ0) is 11.1. The van der Waals surface area contributed by atoms with Gasteiger partial charge >= 0.3 is 0 Å². The second kappa shape index (κ2) is 8.14. The van der Waals surface area contributed by atoms with Crippen molar-refractivity contribution in [3.63, 3.8) is 0 Å². The van der Waals surface area contributed by atoms with Crippen LogP contribution in [0.1, 0.15) is 11.3 Å². The van der Waals surface area contributed by atoms with Gasteiger partial charge in [0.2, 0.25) is 0 Å². The molecule has 1 heterocycles. The van der Waals surface area contributed by atoms with E-state index in [2.05, 4.69) is 27.7 Å². The lowest BCUT2D eigenvalue weighted by molar-refractivity contribution is 1.04. The van der Waals surface area contributed by atoms with Gasteiger partial charge in [0.25, 0.3) is 0 Å². The van der Waals surface area contributed by atoms with Crippen LogP contribution in [-0.4, -0.2) is 21.3 Å². The highest BCUT2D eigenvalue weighted by Crippen LogP contribution is 1.96. The van der Waals surface area contributed by atoms with Gasteiger partial charge in [-0.1, -0.05) is 0 Å². The smallest absolute Gasteiger partial charge is 0.192 e. The Morgan fingerprint density at radius 1 is 1.53 bits per heavy atom. The Labute approximate surface area is 97.3 Å². The first kappa shape index (κ1) is 16.2. The van der Waals surface area contributed by atoms with Crippen molar-refractivity contribution >= 4 is 33.2 Å². The van der Waals surface area contributed by atoms with Gasteiger partial charge < -0.3 is 16.8 Å². The summed E-state index contributed by atoms with van der Waals surface area (Å²) >= 11 is 4.32. The fourth-order valence-corrected chi connectivity index (χ4v) is 0.661. The molecule has 0 bridgehead atoms. The summed E-state index contributed by atoms with van der Waals surface area (Å²) in [5.74, 6) is -0.229. The first-order chi connectivity index (χ1) is 6.43. The number of nitrogens with zero attached hydrogens (tertiary/aromatic N) is 1. The van der Waals surface area contributed by atoms with Crippen molar-refractivity contribution in [3.8, 4) is 0 Å². The van der Waals surface area contributed by atoms with Crippen molar-refractivity contribution in [2.75, 3.05) is 0 Å². The Kier molecular flexibility index (Phi) is 8.81. The van der Waals surface area contributed by atoms with E-state index in [0.29, 0.717) is 0 Å². The molecule has 0 aliphatic carbocycles. The van der Waals surface area contributed by atoms with Crippen LogP contribution < -0.4 is 16.8 Å². The van der Waals surface area contributed by atoms with Gasteiger partial charge in [-0.2, -0.15) is 15.0 Å². The van der Waals surface area contributed by atoms with Crippen LogP contribution in [0.25, 0.3) is 0 Å². The molecule has 7 N–H and O–H groups in total. The lowest BCUT2D eigenvalue weighted by Gasteiger charge is -1.95. The summed E-state index contributed by atoms with van der Waals surface area (Å²) in [6, 6.07) is 0. The van der Waals surface area contributed by atoms with Gasteiger partial charge in [-0.05, 0) is 31.6 Å². The van der Waals surface area contributed by atoms with Crippen LogP contribution in [0.4, 0.5) is 0 Å². The number of aromatic amines is 1. The minimum atomic E-state index is -0.229. The Morgan fingerprint density at radius 3 is 2.13 bits per heavy atom. The number of H-pyrrole nitrogens is 1. The molecule has 0 fully saturated rings. The molecule has 0 amide bonds. The molecule has 86 valence electrons. The minimum Gasteiger partial charge on any atom is -0.376 e. The van der Waals surface area contributed by atoms with Gasteiger partial charge in [0.1, 0.15) is 0 Å². The van der Waals surface area contributed by atoms with E-state index >= 15 is 0 Å². The summed E-state index contributed by atoms with van der Waals surface area (Å²) in [7, 11) is 0. The summed E-state index contributed by atoms with van der Waals surface area (Å²) in [6.45, 7) is 4.00. The monoisotopic (exact) mass is 248 g/mol. The number of nitrogens with one attached hydrogen (secondary N) is 3. The van der Waals surface area contributed by atoms with Crippen LogP contribution in [0.5, 0.6) is 0 Å².